The molecule has 2 aliphatic rings. The molecule has 0 spiro atoms. The summed E-state index contributed by atoms with van der Waals surface area (Å²) in [7, 11) is 0. The number of rotatable bonds is 6. The van der Waals surface area contributed by atoms with E-state index in [0.717, 1.165) is 25.7 Å². The first-order chi connectivity index (χ1) is 11.0. The fourth-order valence-corrected chi connectivity index (χ4v) is 4.79. The van der Waals surface area contributed by atoms with Gasteiger partial charge in [0.05, 0.1) is 5.92 Å². The van der Waals surface area contributed by atoms with Crippen LogP contribution in [-0.2, 0) is 16.0 Å². The van der Waals surface area contributed by atoms with E-state index in [1.54, 1.807) is 16.2 Å². The van der Waals surface area contributed by atoms with E-state index in [1.165, 1.54) is 15.3 Å². The summed E-state index contributed by atoms with van der Waals surface area (Å²) >= 11 is 1.81. The molecule has 0 bridgehead atoms. The van der Waals surface area contributed by atoms with E-state index in [4.69, 9.17) is 0 Å². The Kier molecular flexibility index (Phi) is 4.76. The quantitative estimate of drug-likeness (QED) is 0.868. The average molecular weight is 335 g/mol. The first kappa shape index (κ1) is 16.5. The number of carbonyl (C=O) groups excluding carboxylic acids is 1. The second kappa shape index (κ2) is 6.63. The fraction of sp³-hybridized carbons (Fsp3) is 0.667. The van der Waals surface area contributed by atoms with Gasteiger partial charge in [0.1, 0.15) is 0 Å². The number of amides is 1. The lowest BCUT2D eigenvalue weighted by molar-refractivity contribution is -0.142. The monoisotopic (exact) mass is 335 g/mol. The molecule has 126 valence electrons. The third-order valence-electron chi connectivity index (χ3n) is 5.24. The molecule has 0 unspecified atom stereocenters. The summed E-state index contributed by atoms with van der Waals surface area (Å²) in [5.41, 5.74) is 1.35. The first-order valence-corrected chi connectivity index (χ1v) is 9.34. The smallest absolute Gasteiger partial charge is 0.308 e. The Bertz CT molecular complexity index is 605. The molecule has 1 saturated carbocycles. The van der Waals surface area contributed by atoms with Gasteiger partial charge in [-0.2, -0.15) is 0 Å². The van der Waals surface area contributed by atoms with Crippen molar-refractivity contribution in [2.45, 2.75) is 46.0 Å². The molecule has 3 rings (SSSR count). The van der Waals surface area contributed by atoms with Crippen LogP contribution in [0.25, 0.3) is 0 Å². The van der Waals surface area contributed by atoms with Crippen LogP contribution in [0.3, 0.4) is 0 Å². The zero-order chi connectivity index (χ0) is 16.6. The number of aliphatic carboxylic acids is 1. The minimum Gasteiger partial charge on any atom is -0.481 e. The van der Waals surface area contributed by atoms with Gasteiger partial charge in [0.2, 0.25) is 5.91 Å². The average Bonchev–Trinajstić information content (AvgIpc) is 3.14. The molecule has 0 radical (unpaired) electrons. The van der Waals surface area contributed by atoms with Crippen LogP contribution in [0.5, 0.6) is 0 Å². The van der Waals surface area contributed by atoms with E-state index in [1.807, 2.05) is 0 Å². The number of carboxylic acid groups (broad SMARTS) is 1. The van der Waals surface area contributed by atoms with Crippen molar-refractivity contribution in [1.29, 1.82) is 0 Å². The zero-order valence-corrected chi connectivity index (χ0v) is 14.7. The number of carbonyl (C=O) groups is 2. The normalized spacial score (nSPS) is 24.2. The van der Waals surface area contributed by atoms with Crippen LogP contribution in [0, 0.1) is 31.6 Å². The maximum absolute atomic E-state index is 12.4. The van der Waals surface area contributed by atoms with E-state index in [9.17, 15) is 14.7 Å². The summed E-state index contributed by atoms with van der Waals surface area (Å²) in [5, 5.41) is 9.38. The molecule has 2 fully saturated rings. The lowest BCUT2D eigenvalue weighted by Gasteiger charge is -2.16. The summed E-state index contributed by atoms with van der Waals surface area (Å²) in [6.07, 6.45) is 4.57. The molecule has 1 saturated heterocycles. The van der Waals surface area contributed by atoms with Crippen molar-refractivity contribution in [2.24, 2.45) is 17.8 Å². The highest BCUT2D eigenvalue weighted by molar-refractivity contribution is 7.12. The Balaban J connectivity index is 1.50. The van der Waals surface area contributed by atoms with E-state index < -0.39 is 5.97 Å². The van der Waals surface area contributed by atoms with Crippen LogP contribution in [-0.4, -0.2) is 35.0 Å². The van der Waals surface area contributed by atoms with E-state index >= 15 is 0 Å². The maximum atomic E-state index is 12.4. The Morgan fingerprint density at radius 3 is 2.61 bits per heavy atom. The summed E-state index contributed by atoms with van der Waals surface area (Å²) in [5.74, 6) is -0.248. The highest BCUT2D eigenvalue weighted by Gasteiger charge is 2.46. The lowest BCUT2D eigenvalue weighted by atomic mass is 9.92. The second-order valence-corrected chi connectivity index (χ2v) is 8.50. The van der Waals surface area contributed by atoms with Gasteiger partial charge < -0.3 is 10.0 Å². The lowest BCUT2D eigenvalue weighted by Crippen LogP contribution is -2.29. The van der Waals surface area contributed by atoms with E-state index in [0.29, 0.717) is 25.4 Å². The van der Waals surface area contributed by atoms with Gasteiger partial charge in [-0.25, -0.2) is 0 Å². The number of carboxylic acids is 1. The Morgan fingerprint density at radius 1 is 1.30 bits per heavy atom. The number of likely N-dealkylation sites (tertiary alicyclic amines) is 1. The number of aryl methyl sites for hydroxylation is 3. The topological polar surface area (TPSA) is 57.6 Å². The van der Waals surface area contributed by atoms with Gasteiger partial charge in [0, 0.05) is 29.3 Å². The van der Waals surface area contributed by atoms with Gasteiger partial charge in [-0.15, -0.1) is 11.3 Å². The standard InChI is InChI=1S/C18H25NO3S/c1-11-8-14(12(2)23-11)4-3-5-17(20)19-9-15(13-6-7-13)16(10-19)18(21)22/h8,13,15-16H,3-7,9-10H2,1-2H3,(H,21,22)/t15-,16+/m1/s1. The zero-order valence-electron chi connectivity index (χ0n) is 13.9. The Morgan fingerprint density at radius 2 is 2.04 bits per heavy atom. The molecule has 23 heavy (non-hydrogen) atoms. The van der Waals surface area contributed by atoms with Crippen molar-refractivity contribution >= 4 is 23.2 Å². The van der Waals surface area contributed by atoms with Gasteiger partial charge >= 0.3 is 5.97 Å². The molecule has 1 amide bonds. The largest absolute Gasteiger partial charge is 0.481 e. The van der Waals surface area contributed by atoms with Gasteiger partial charge in [-0.3, -0.25) is 9.59 Å². The third-order valence-corrected chi connectivity index (χ3v) is 6.25. The third kappa shape index (κ3) is 3.77. The molecule has 5 heteroatoms. The predicted molar refractivity (Wildman–Crippen MR) is 90.7 cm³/mol. The number of hydrogen-bond donors (Lipinski definition) is 1. The molecular weight excluding hydrogens is 310 g/mol. The Labute approximate surface area is 141 Å². The van der Waals surface area contributed by atoms with Crippen LogP contribution in [0.4, 0.5) is 0 Å². The number of thiophene rings is 1. The van der Waals surface area contributed by atoms with Crippen molar-refractivity contribution in [2.75, 3.05) is 13.1 Å². The molecule has 1 aromatic rings. The molecule has 1 N–H and O–H groups in total. The van der Waals surface area contributed by atoms with Crippen LogP contribution < -0.4 is 0 Å². The fourth-order valence-electron chi connectivity index (χ4n) is 3.82. The van der Waals surface area contributed by atoms with E-state index in [-0.39, 0.29) is 17.7 Å². The van der Waals surface area contributed by atoms with Crippen molar-refractivity contribution in [3.63, 3.8) is 0 Å². The number of nitrogens with zero attached hydrogens (tertiary/aromatic N) is 1. The predicted octanol–water partition coefficient (Wildman–Crippen LogP) is 3.26. The first-order valence-electron chi connectivity index (χ1n) is 8.52. The summed E-state index contributed by atoms with van der Waals surface area (Å²) < 4.78 is 0. The minimum atomic E-state index is -0.735. The van der Waals surface area contributed by atoms with Crippen molar-refractivity contribution < 1.29 is 14.7 Å². The second-order valence-electron chi connectivity index (χ2n) is 7.04. The van der Waals surface area contributed by atoms with Crippen LogP contribution >= 0.6 is 11.3 Å². The van der Waals surface area contributed by atoms with Gasteiger partial charge in [0.15, 0.2) is 0 Å². The molecule has 0 aromatic carbocycles. The molecular formula is C18H25NO3S. The molecule has 4 nitrogen and oxygen atoms in total. The molecule has 2 heterocycles. The Hall–Kier alpha value is -1.36. The molecule has 2 atom stereocenters. The maximum Gasteiger partial charge on any atom is 0.308 e. The minimum absolute atomic E-state index is 0.129. The van der Waals surface area contributed by atoms with Crippen molar-refractivity contribution in [3.05, 3.63) is 21.4 Å². The van der Waals surface area contributed by atoms with Crippen LogP contribution in [0.15, 0.2) is 6.07 Å². The highest BCUT2D eigenvalue weighted by Crippen LogP contribution is 2.44. The van der Waals surface area contributed by atoms with Gasteiger partial charge in [0.25, 0.3) is 0 Å². The summed E-state index contributed by atoms with van der Waals surface area (Å²) in [6.45, 7) is 5.30. The summed E-state index contributed by atoms with van der Waals surface area (Å²) in [4.78, 5) is 28.3. The molecule has 1 aliphatic heterocycles. The molecule has 1 aromatic heterocycles. The summed E-state index contributed by atoms with van der Waals surface area (Å²) in [6, 6.07) is 2.21. The SMILES string of the molecule is Cc1cc(CCCC(=O)N2C[C@H](C(=O)O)[C@@H](C3CC3)C2)c(C)s1. The highest BCUT2D eigenvalue weighted by atomic mass is 32.1. The number of hydrogen-bond acceptors (Lipinski definition) is 3. The van der Waals surface area contributed by atoms with E-state index in [2.05, 4.69) is 19.9 Å². The van der Waals surface area contributed by atoms with Gasteiger partial charge in [-0.05, 0) is 63.0 Å². The van der Waals surface area contributed by atoms with Crippen molar-refractivity contribution in [3.8, 4) is 0 Å². The van der Waals surface area contributed by atoms with Crippen LogP contribution in [0.1, 0.15) is 41.0 Å². The van der Waals surface area contributed by atoms with Gasteiger partial charge in [-0.1, -0.05) is 0 Å². The van der Waals surface area contributed by atoms with Crippen LogP contribution in [0.2, 0.25) is 0 Å². The van der Waals surface area contributed by atoms with Crippen molar-refractivity contribution in [1.82, 2.24) is 4.90 Å². The molecule has 1 aliphatic carbocycles.